The van der Waals surface area contributed by atoms with Crippen LogP contribution >= 0.6 is 0 Å². The predicted octanol–water partition coefficient (Wildman–Crippen LogP) is 3.31. The first kappa shape index (κ1) is 21.6. The van der Waals surface area contributed by atoms with Crippen molar-refractivity contribution in [1.82, 2.24) is 10.2 Å². The minimum atomic E-state index is -0.198. The number of hydrogen-bond acceptors (Lipinski definition) is 5. The minimum Gasteiger partial charge on any atom is -0.493 e. The smallest absolute Gasteiger partial charge is 0.251 e. The minimum absolute atomic E-state index is 0.0666. The normalized spacial score (nSPS) is 11.8. The number of nitrogens with one attached hydrogen (secondary N) is 1. The molecule has 0 bridgehead atoms. The zero-order valence-electron chi connectivity index (χ0n) is 17.5. The van der Waals surface area contributed by atoms with Crippen molar-refractivity contribution in [3.05, 3.63) is 53.1 Å². The third-order valence-corrected chi connectivity index (χ3v) is 4.78. The van der Waals surface area contributed by atoms with Crippen LogP contribution in [0.15, 0.2) is 36.4 Å². The van der Waals surface area contributed by atoms with Gasteiger partial charge in [0.15, 0.2) is 11.5 Å². The lowest BCUT2D eigenvalue weighted by Crippen LogP contribution is -2.34. The Hall–Kier alpha value is -2.73. The number of carbonyl (C=O) groups excluding carboxylic acids is 1. The van der Waals surface area contributed by atoms with E-state index in [0.717, 1.165) is 12.0 Å². The Labute approximate surface area is 167 Å². The van der Waals surface area contributed by atoms with Gasteiger partial charge < -0.3 is 24.4 Å². The molecule has 0 aliphatic carbocycles. The van der Waals surface area contributed by atoms with Gasteiger partial charge in [0.1, 0.15) is 0 Å². The van der Waals surface area contributed by atoms with Gasteiger partial charge in [0, 0.05) is 12.1 Å². The number of hydrogen-bond donors (Lipinski definition) is 1. The van der Waals surface area contributed by atoms with E-state index in [1.54, 1.807) is 12.1 Å². The van der Waals surface area contributed by atoms with E-state index in [0.29, 0.717) is 29.4 Å². The van der Waals surface area contributed by atoms with E-state index >= 15 is 0 Å². The molecule has 0 heterocycles. The van der Waals surface area contributed by atoms with Gasteiger partial charge in [-0.1, -0.05) is 31.2 Å². The first-order valence-electron chi connectivity index (χ1n) is 9.28. The Bertz CT molecular complexity index is 763. The highest BCUT2D eigenvalue weighted by atomic mass is 16.5. The molecular weight excluding hydrogens is 356 g/mol. The third-order valence-electron chi connectivity index (χ3n) is 4.78. The molecule has 1 N–H and O–H groups in total. The van der Waals surface area contributed by atoms with Gasteiger partial charge in [0.05, 0.1) is 27.4 Å². The van der Waals surface area contributed by atoms with Crippen molar-refractivity contribution in [2.24, 2.45) is 0 Å². The number of carbonyl (C=O) groups is 1. The van der Waals surface area contributed by atoms with Crippen LogP contribution in [0.5, 0.6) is 17.2 Å². The lowest BCUT2D eigenvalue weighted by molar-refractivity contribution is 0.0941. The maximum atomic E-state index is 12.8. The fourth-order valence-corrected chi connectivity index (χ4v) is 3.08. The number of likely N-dealkylation sites (N-methyl/N-ethyl adjacent to an activating group) is 1. The molecule has 0 radical (unpaired) electrons. The second kappa shape index (κ2) is 9.99. The number of nitrogens with zero attached hydrogens (tertiary/aromatic N) is 1. The van der Waals surface area contributed by atoms with Crippen LogP contribution in [0.25, 0.3) is 0 Å². The average Bonchev–Trinajstić information content (AvgIpc) is 2.72. The van der Waals surface area contributed by atoms with Crippen molar-refractivity contribution < 1.29 is 19.0 Å². The zero-order chi connectivity index (χ0) is 20.7. The van der Waals surface area contributed by atoms with Crippen molar-refractivity contribution >= 4 is 5.91 Å². The van der Waals surface area contributed by atoms with Crippen LogP contribution in [-0.4, -0.2) is 52.8 Å². The highest BCUT2D eigenvalue weighted by Gasteiger charge is 2.19. The molecule has 2 aromatic carbocycles. The lowest BCUT2D eigenvalue weighted by Gasteiger charge is -2.25. The summed E-state index contributed by atoms with van der Waals surface area (Å²) in [6.07, 6.45) is 1.00. The monoisotopic (exact) mass is 386 g/mol. The Kier molecular flexibility index (Phi) is 7.70. The van der Waals surface area contributed by atoms with E-state index in [1.165, 1.54) is 26.9 Å². The number of amides is 1. The first-order valence-corrected chi connectivity index (χ1v) is 9.28. The average molecular weight is 386 g/mol. The molecule has 0 aliphatic rings. The number of benzene rings is 2. The molecule has 0 spiro atoms. The van der Waals surface area contributed by atoms with E-state index in [2.05, 4.69) is 41.4 Å². The van der Waals surface area contributed by atoms with E-state index in [-0.39, 0.29) is 11.9 Å². The van der Waals surface area contributed by atoms with Gasteiger partial charge in [-0.15, -0.1) is 0 Å². The topological polar surface area (TPSA) is 60.0 Å². The van der Waals surface area contributed by atoms with Gasteiger partial charge in [0.2, 0.25) is 5.75 Å². The molecule has 6 nitrogen and oxygen atoms in total. The van der Waals surface area contributed by atoms with Gasteiger partial charge in [-0.25, -0.2) is 0 Å². The van der Waals surface area contributed by atoms with E-state index in [4.69, 9.17) is 14.2 Å². The van der Waals surface area contributed by atoms with Gasteiger partial charge in [-0.3, -0.25) is 4.79 Å². The molecule has 28 heavy (non-hydrogen) atoms. The fourth-order valence-electron chi connectivity index (χ4n) is 3.08. The number of rotatable bonds is 9. The molecule has 2 rings (SSSR count). The number of ether oxygens (including phenoxy) is 3. The molecule has 152 valence electrons. The van der Waals surface area contributed by atoms with Crippen LogP contribution in [0.2, 0.25) is 0 Å². The van der Waals surface area contributed by atoms with Gasteiger partial charge in [-0.2, -0.15) is 0 Å². The Balaban J connectivity index is 2.18. The summed E-state index contributed by atoms with van der Waals surface area (Å²) >= 11 is 0. The third kappa shape index (κ3) is 4.95. The van der Waals surface area contributed by atoms with Crippen molar-refractivity contribution in [3.63, 3.8) is 0 Å². The molecule has 0 saturated heterocycles. The summed E-state index contributed by atoms with van der Waals surface area (Å²) in [5.74, 6) is 1.16. The summed E-state index contributed by atoms with van der Waals surface area (Å²) in [5.41, 5.74) is 2.91. The Morgan fingerprint density at radius 2 is 1.57 bits per heavy atom. The summed E-state index contributed by atoms with van der Waals surface area (Å²) in [6, 6.07) is 11.9. The molecule has 0 unspecified atom stereocenters. The van der Waals surface area contributed by atoms with Crippen LogP contribution in [-0.2, 0) is 6.42 Å². The number of methoxy groups -OCH3 is 3. The van der Waals surface area contributed by atoms with Gasteiger partial charge >= 0.3 is 0 Å². The molecule has 1 amide bonds. The van der Waals surface area contributed by atoms with Gasteiger partial charge in [0.25, 0.3) is 5.91 Å². The maximum Gasteiger partial charge on any atom is 0.251 e. The summed E-state index contributed by atoms with van der Waals surface area (Å²) in [5, 5.41) is 3.02. The second-order valence-electron chi connectivity index (χ2n) is 6.70. The highest BCUT2D eigenvalue weighted by molar-refractivity contribution is 5.95. The highest BCUT2D eigenvalue weighted by Crippen LogP contribution is 2.38. The molecule has 6 heteroatoms. The predicted molar refractivity (Wildman–Crippen MR) is 111 cm³/mol. The van der Waals surface area contributed by atoms with Crippen LogP contribution in [0, 0.1) is 0 Å². The second-order valence-corrected chi connectivity index (χ2v) is 6.70. The Morgan fingerprint density at radius 3 is 2.00 bits per heavy atom. The summed E-state index contributed by atoms with van der Waals surface area (Å²) in [6.45, 7) is 2.62. The van der Waals surface area contributed by atoms with E-state index < -0.39 is 0 Å². The number of aryl methyl sites for hydroxylation is 1. The van der Waals surface area contributed by atoms with Gasteiger partial charge in [-0.05, 0) is 43.8 Å². The van der Waals surface area contributed by atoms with Crippen LogP contribution in [0.1, 0.15) is 34.5 Å². The van der Waals surface area contributed by atoms with Crippen molar-refractivity contribution in [2.75, 3.05) is 42.0 Å². The fraction of sp³-hybridized carbons (Fsp3) is 0.409. The largest absolute Gasteiger partial charge is 0.493 e. The van der Waals surface area contributed by atoms with E-state index in [1.807, 2.05) is 14.1 Å². The van der Waals surface area contributed by atoms with Crippen LogP contribution in [0.3, 0.4) is 0 Å². The Morgan fingerprint density at radius 1 is 1.00 bits per heavy atom. The molecule has 0 fully saturated rings. The van der Waals surface area contributed by atoms with Crippen molar-refractivity contribution in [3.8, 4) is 17.2 Å². The molecule has 0 aliphatic heterocycles. The molecule has 2 aromatic rings. The molecule has 1 atom stereocenters. The van der Waals surface area contributed by atoms with E-state index in [9.17, 15) is 4.79 Å². The summed E-state index contributed by atoms with van der Waals surface area (Å²) in [4.78, 5) is 14.9. The summed E-state index contributed by atoms with van der Waals surface area (Å²) < 4.78 is 16.0. The quantitative estimate of drug-likeness (QED) is 0.717. The SMILES string of the molecule is CCc1ccc([C@H](CNC(=O)c2cc(OC)c(OC)c(OC)c2)N(C)C)cc1. The molecular formula is C22H30N2O4. The van der Waals surface area contributed by atoms with Crippen LogP contribution < -0.4 is 19.5 Å². The summed E-state index contributed by atoms with van der Waals surface area (Å²) in [7, 11) is 8.60. The van der Waals surface area contributed by atoms with Crippen LogP contribution in [0.4, 0.5) is 0 Å². The maximum absolute atomic E-state index is 12.8. The zero-order valence-corrected chi connectivity index (χ0v) is 17.5. The van der Waals surface area contributed by atoms with Crippen molar-refractivity contribution in [1.29, 1.82) is 0 Å². The van der Waals surface area contributed by atoms with Crippen molar-refractivity contribution in [2.45, 2.75) is 19.4 Å². The molecule has 0 saturated carbocycles. The molecule has 0 aromatic heterocycles. The lowest BCUT2D eigenvalue weighted by atomic mass is 10.0. The standard InChI is InChI=1S/C22H30N2O4/c1-7-15-8-10-16(11-9-15)18(24(2)3)14-23-22(25)17-12-19(26-4)21(28-6)20(13-17)27-5/h8-13,18H,7,14H2,1-6H3,(H,23,25)/t18-/m0/s1. The first-order chi connectivity index (χ1) is 13.4.